The van der Waals surface area contributed by atoms with Crippen molar-refractivity contribution in [1.29, 1.82) is 0 Å². The van der Waals surface area contributed by atoms with Crippen molar-refractivity contribution in [3.8, 4) is 0 Å². The standard InChI is InChI=1S/C13H14BrNO5S3/c14-12-3-4-13(21-12)23(18,19)15-6-5-11(8-15)22(16,17)9-10-2-1-7-20-10/h1-4,7,11H,5-6,8-9H2/t11-/m1/s1. The van der Waals surface area contributed by atoms with E-state index in [-0.39, 0.29) is 23.1 Å². The summed E-state index contributed by atoms with van der Waals surface area (Å²) in [5, 5.41) is -0.703. The minimum absolute atomic E-state index is 0.0130. The number of rotatable bonds is 5. The van der Waals surface area contributed by atoms with Crippen molar-refractivity contribution in [2.45, 2.75) is 21.6 Å². The van der Waals surface area contributed by atoms with Gasteiger partial charge in [-0.25, -0.2) is 16.8 Å². The molecule has 3 rings (SSSR count). The molecule has 0 spiro atoms. The van der Waals surface area contributed by atoms with Crippen LogP contribution in [0.1, 0.15) is 12.2 Å². The van der Waals surface area contributed by atoms with Gasteiger partial charge in [0.1, 0.15) is 15.7 Å². The number of thiophene rings is 1. The van der Waals surface area contributed by atoms with Gasteiger partial charge in [0, 0.05) is 13.1 Å². The summed E-state index contributed by atoms with van der Waals surface area (Å²) in [5.74, 6) is 0.164. The SMILES string of the molecule is O=S(=O)(Cc1ccco1)[C@@H]1CCN(S(=O)(=O)c2ccc(Br)s2)C1. The predicted molar refractivity (Wildman–Crippen MR) is 90.5 cm³/mol. The lowest BCUT2D eigenvalue weighted by Gasteiger charge is -2.15. The van der Waals surface area contributed by atoms with Gasteiger partial charge in [0.25, 0.3) is 10.0 Å². The number of hydrogen-bond acceptors (Lipinski definition) is 6. The van der Waals surface area contributed by atoms with E-state index in [1.807, 2.05) is 0 Å². The van der Waals surface area contributed by atoms with Crippen LogP contribution in [-0.2, 0) is 25.6 Å². The number of nitrogens with zero attached hydrogens (tertiary/aromatic N) is 1. The van der Waals surface area contributed by atoms with E-state index in [4.69, 9.17) is 4.42 Å². The summed E-state index contributed by atoms with van der Waals surface area (Å²) >= 11 is 4.36. The summed E-state index contributed by atoms with van der Waals surface area (Å²) in [6.45, 7) is 0.195. The van der Waals surface area contributed by atoms with E-state index in [9.17, 15) is 16.8 Å². The fraction of sp³-hybridized carbons (Fsp3) is 0.385. The Labute approximate surface area is 147 Å². The molecule has 1 saturated heterocycles. The summed E-state index contributed by atoms with van der Waals surface area (Å²) in [6.07, 6.45) is 1.72. The van der Waals surface area contributed by atoms with Crippen molar-refractivity contribution >= 4 is 47.1 Å². The second-order valence-electron chi connectivity index (χ2n) is 5.22. The Kier molecular flexibility index (Phi) is 4.71. The van der Waals surface area contributed by atoms with Gasteiger partial charge in [-0.2, -0.15) is 4.31 Å². The second kappa shape index (κ2) is 6.32. The molecule has 126 valence electrons. The molecule has 1 atom stereocenters. The summed E-state index contributed by atoms with van der Waals surface area (Å²) in [7, 11) is -7.10. The topological polar surface area (TPSA) is 84.7 Å². The molecular weight excluding hydrogens is 426 g/mol. The number of halogens is 1. The number of furan rings is 1. The van der Waals surface area contributed by atoms with E-state index in [1.54, 1.807) is 18.2 Å². The fourth-order valence-corrected chi connectivity index (χ4v) is 7.91. The van der Waals surface area contributed by atoms with Crippen LogP contribution in [0.4, 0.5) is 0 Å². The van der Waals surface area contributed by atoms with E-state index in [2.05, 4.69) is 15.9 Å². The highest BCUT2D eigenvalue weighted by molar-refractivity contribution is 9.11. The van der Waals surface area contributed by atoms with E-state index >= 15 is 0 Å². The van der Waals surface area contributed by atoms with Gasteiger partial charge in [0.2, 0.25) is 0 Å². The van der Waals surface area contributed by atoms with Crippen LogP contribution in [0.2, 0.25) is 0 Å². The van der Waals surface area contributed by atoms with Gasteiger partial charge < -0.3 is 4.42 Å². The van der Waals surface area contributed by atoms with Crippen molar-refractivity contribution in [2.24, 2.45) is 0 Å². The van der Waals surface area contributed by atoms with Gasteiger partial charge in [-0.05, 0) is 46.6 Å². The zero-order valence-electron chi connectivity index (χ0n) is 11.9. The molecular formula is C13H14BrNO5S3. The minimum Gasteiger partial charge on any atom is -0.468 e. The lowest BCUT2D eigenvalue weighted by Crippen LogP contribution is -2.32. The van der Waals surface area contributed by atoms with Crippen LogP contribution in [0.15, 0.2) is 42.9 Å². The van der Waals surface area contributed by atoms with Crippen molar-refractivity contribution in [2.75, 3.05) is 13.1 Å². The van der Waals surface area contributed by atoms with Gasteiger partial charge >= 0.3 is 0 Å². The Morgan fingerprint density at radius 3 is 2.65 bits per heavy atom. The molecule has 0 saturated carbocycles. The molecule has 1 fully saturated rings. The maximum atomic E-state index is 12.5. The number of hydrogen-bond donors (Lipinski definition) is 0. The molecule has 0 amide bonds. The quantitative estimate of drug-likeness (QED) is 0.713. The van der Waals surface area contributed by atoms with Crippen molar-refractivity contribution in [3.63, 3.8) is 0 Å². The molecule has 2 aromatic heterocycles. The maximum absolute atomic E-state index is 12.5. The van der Waals surface area contributed by atoms with Gasteiger partial charge in [-0.1, -0.05) is 0 Å². The van der Waals surface area contributed by atoms with Crippen LogP contribution < -0.4 is 0 Å². The molecule has 23 heavy (non-hydrogen) atoms. The van der Waals surface area contributed by atoms with Crippen LogP contribution in [0, 0.1) is 0 Å². The lowest BCUT2D eigenvalue weighted by molar-refractivity contribution is 0.478. The summed E-state index contributed by atoms with van der Waals surface area (Å²) in [4.78, 5) is 0. The van der Waals surface area contributed by atoms with Crippen molar-refractivity contribution in [1.82, 2.24) is 4.31 Å². The largest absolute Gasteiger partial charge is 0.468 e. The third-order valence-electron chi connectivity index (χ3n) is 3.68. The maximum Gasteiger partial charge on any atom is 0.252 e. The Morgan fingerprint density at radius 1 is 1.26 bits per heavy atom. The van der Waals surface area contributed by atoms with Gasteiger partial charge in [0.05, 0.1) is 15.3 Å². The van der Waals surface area contributed by atoms with E-state index < -0.39 is 25.1 Å². The molecule has 0 unspecified atom stereocenters. The average Bonchev–Trinajstić information content (AvgIpc) is 3.18. The van der Waals surface area contributed by atoms with Crippen LogP contribution in [-0.4, -0.2) is 39.5 Å². The first-order valence-corrected chi connectivity index (χ1v) is 11.5. The Hall–Kier alpha value is -0.680. The second-order valence-corrected chi connectivity index (χ2v) is 12.1. The summed E-state index contributed by atoms with van der Waals surface area (Å²) in [5.41, 5.74) is 0. The number of sulfone groups is 1. The van der Waals surface area contributed by atoms with Crippen LogP contribution >= 0.6 is 27.3 Å². The van der Waals surface area contributed by atoms with Crippen LogP contribution in [0.3, 0.4) is 0 Å². The highest BCUT2D eigenvalue weighted by atomic mass is 79.9. The number of sulfonamides is 1. The van der Waals surface area contributed by atoms with E-state index in [1.165, 1.54) is 16.6 Å². The van der Waals surface area contributed by atoms with Crippen LogP contribution in [0.25, 0.3) is 0 Å². The summed E-state index contributed by atoms with van der Waals surface area (Å²) < 4.78 is 57.2. The van der Waals surface area contributed by atoms with E-state index in [0.29, 0.717) is 12.2 Å². The Bertz CT molecular complexity index is 886. The zero-order valence-corrected chi connectivity index (χ0v) is 15.9. The predicted octanol–water partition coefficient (Wildman–Crippen LogP) is 2.48. The molecule has 10 heteroatoms. The van der Waals surface area contributed by atoms with Gasteiger partial charge in [-0.3, -0.25) is 0 Å². The highest BCUT2D eigenvalue weighted by Crippen LogP contribution is 2.31. The molecule has 0 radical (unpaired) electrons. The molecule has 1 aliphatic rings. The molecule has 0 aromatic carbocycles. The zero-order chi connectivity index (χ0) is 16.7. The third-order valence-corrected chi connectivity index (χ3v) is 9.73. The van der Waals surface area contributed by atoms with E-state index in [0.717, 1.165) is 15.1 Å². The first kappa shape index (κ1) is 17.2. The van der Waals surface area contributed by atoms with Gasteiger partial charge in [-0.15, -0.1) is 11.3 Å². The fourth-order valence-electron chi connectivity index (χ4n) is 2.48. The van der Waals surface area contributed by atoms with Gasteiger partial charge in [0.15, 0.2) is 9.84 Å². The van der Waals surface area contributed by atoms with Crippen molar-refractivity contribution in [3.05, 3.63) is 40.1 Å². The first-order valence-electron chi connectivity index (χ1n) is 6.78. The minimum atomic E-state index is -3.64. The first-order chi connectivity index (χ1) is 10.8. The Morgan fingerprint density at radius 2 is 2.04 bits per heavy atom. The van der Waals surface area contributed by atoms with Crippen molar-refractivity contribution < 1.29 is 21.3 Å². The molecule has 6 nitrogen and oxygen atoms in total. The monoisotopic (exact) mass is 439 g/mol. The van der Waals surface area contributed by atoms with Crippen LogP contribution in [0.5, 0.6) is 0 Å². The molecule has 2 aromatic rings. The molecule has 0 aliphatic carbocycles. The average molecular weight is 440 g/mol. The normalized spacial score (nSPS) is 20.1. The molecule has 0 bridgehead atoms. The molecule has 1 aliphatic heterocycles. The highest BCUT2D eigenvalue weighted by Gasteiger charge is 2.39. The molecule has 0 N–H and O–H groups in total. The Balaban J connectivity index is 1.75. The third kappa shape index (κ3) is 3.55. The molecule has 3 heterocycles. The smallest absolute Gasteiger partial charge is 0.252 e. The summed E-state index contributed by atoms with van der Waals surface area (Å²) in [6, 6.07) is 6.42. The lowest BCUT2D eigenvalue weighted by atomic mass is 10.4.